The molecule has 0 aliphatic carbocycles. The molecule has 0 spiro atoms. The normalized spacial score (nSPS) is 13.9. The number of carbonyl (C=O) groups excluding carboxylic acids is 1. The number of likely N-dealkylation sites (N-methyl/N-ethyl adjacent to an activating group) is 1. The maximum absolute atomic E-state index is 12.2. The minimum Gasteiger partial charge on any atom is -0.467 e. The maximum Gasteiger partial charge on any atom is 0.237 e. The Morgan fingerprint density at radius 3 is 2.52 bits per heavy atom. The molecule has 1 amide bonds. The van der Waals surface area contributed by atoms with Crippen LogP contribution in [0.15, 0.2) is 53.1 Å². The Morgan fingerprint density at radius 2 is 1.90 bits per heavy atom. The van der Waals surface area contributed by atoms with Gasteiger partial charge in [0.1, 0.15) is 5.76 Å². The van der Waals surface area contributed by atoms with Crippen molar-refractivity contribution in [1.82, 2.24) is 10.2 Å². The molecule has 4 nitrogen and oxygen atoms in total. The molecular formula is C17H22N2O2. The molecule has 0 radical (unpaired) electrons. The number of furan rings is 1. The summed E-state index contributed by atoms with van der Waals surface area (Å²) in [5.74, 6) is 0.756. The highest BCUT2D eigenvalue weighted by Gasteiger charge is 2.22. The summed E-state index contributed by atoms with van der Waals surface area (Å²) in [6.45, 7) is 4.44. The first-order valence-electron chi connectivity index (χ1n) is 7.16. The SMILES string of the molecule is CC(C(=O)NCc1ccco1)N(C)C(C)c1ccccc1. The first-order valence-corrected chi connectivity index (χ1v) is 7.16. The van der Waals surface area contributed by atoms with Gasteiger partial charge in [-0.25, -0.2) is 0 Å². The Morgan fingerprint density at radius 1 is 1.19 bits per heavy atom. The predicted molar refractivity (Wildman–Crippen MR) is 82.6 cm³/mol. The third-order valence-electron chi connectivity index (χ3n) is 3.90. The highest BCUT2D eigenvalue weighted by Crippen LogP contribution is 2.20. The van der Waals surface area contributed by atoms with Gasteiger partial charge in [0.15, 0.2) is 0 Å². The van der Waals surface area contributed by atoms with E-state index in [2.05, 4.69) is 29.3 Å². The molecule has 0 aliphatic rings. The summed E-state index contributed by atoms with van der Waals surface area (Å²) in [6, 6.07) is 13.8. The van der Waals surface area contributed by atoms with Crippen molar-refractivity contribution < 1.29 is 9.21 Å². The predicted octanol–water partition coefficient (Wildman–Crippen LogP) is 2.98. The number of hydrogen-bond acceptors (Lipinski definition) is 3. The number of nitrogens with one attached hydrogen (secondary N) is 1. The lowest BCUT2D eigenvalue weighted by Gasteiger charge is -2.30. The molecule has 21 heavy (non-hydrogen) atoms. The van der Waals surface area contributed by atoms with Crippen molar-refractivity contribution in [2.45, 2.75) is 32.5 Å². The van der Waals surface area contributed by atoms with Crippen LogP contribution in [0.1, 0.15) is 31.2 Å². The van der Waals surface area contributed by atoms with Crippen LogP contribution in [0, 0.1) is 0 Å². The van der Waals surface area contributed by atoms with Crippen molar-refractivity contribution in [1.29, 1.82) is 0 Å². The van der Waals surface area contributed by atoms with E-state index in [1.807, 2.05) is 44.3 Å². The standard InChI is InChI=1S/C17H22N2O2/c1-13(15-8-5-4-6-9-15)19(3)14(2)17(20)18-12-16-10-7-11-21-16/h4-11,13-14H,12H2,1-3H3,(H,18,20). The average Bonchev–Trinajstić information content (AvgIpc) is 3.04. The van der Waals surface area contributed by atoms with Gasteiger partial charge < -0.3 is 9.73 Å². The molecule has 2 atom stereocenters. The zero-order valence-corrected chi connectivity index (χ0v) is 12.7. The van der Waals surface area contributed by atoms with E-state index in [0.29, 0.717) is 6.54 Å². The van der Waals surface area contributed by atoms with Crippen LogP contribution in [-0.4, -0.2) is 23.9 Å². The van der Waals surface area contributed by atoms with Gasteiger partial charge in [0.2, 0.25) is 5.91 Å². The molecule has 1 heterocycles. The zero-order valence-electron chi connectivity index (χ0n) is 12.7. The molecular weight excluding hydrogens is 264 g/mol. The van der Waals surface area contributed by atoms with Crippen molar-refractivity contribution in [2.24, 2.45) is 0 Å². The Bertz CT molecular complexity index is 551. The largest absolute Gasteiger partial charge is 0.467 e. The number of hydrogen-bond donors (Lipinski definition) is 1. The summed E-state index contributed by atoms with van der Waals surface area (Å²) in [7, 11) is 1.97. The van der Waals surface area contributed by atoms with Crippen LogP contribution in [0.3, 0.4) is 0 Å². The molecule has 2 unspecified atom stereocenters. The second-order valence-electron chi connectivity index (χ2n) is 5.23. The zero-order chi connectivity index (χ0) is 15.2. The van der Waals surface area contributed by atoms with Crippen molar-refractivity contribution in [3.8, 4) is 0 Å². The second kappa shape index (κ2) is 7.09. The summed E-state index contributed by atoms with van der Waals surface area (Å²) >= 11 is 0. The Balaban J connectivity index is 1.91. The van der Waals surface area contributed by atoms with Gasteiger partial charge >= 0.3 is 0 Å². The van der Waals surface area contributed by atoms with Gasteiger partial charge in [-0.1, -0.05) is 30.3 Å². The van der Waals surface area contributed by atoms with E-state index in [1.165, 1.54) is 5.56 Å². The van der Waals surface area contributed by atoms with Gasteiger partial charge in [-0.05, 0) is 38.6 Å². The third kappa shape index (κ3) is 3.95. The summed E-state index contributed by atoms with van der Waals surface area (Å²) in [5, 5.41) is 2.90. The third-order valence-corrected chi connectivity index (χ3v) is 3.90. The topological polar surface area (TPSA) is 45.5 Å². The smallest absolute Gasteiger partial charge is 0.237 e. The fourth-order valence-corrected chi connectivity index (χ4v) is 2.22. The number of rotatable bonds is 6. The van der Waals surface area contributed by atoms with E-state index >= 15 is 0 Å². The van der Waals surface area contributed by atoms with E-state index in [0.717, 1.165) is 5.76 Å². The lowest BCUT2D eigenvalue weighted by Crippen LogP contribution is -2.43. The molecule has 0 bridgehead atoms. The van der Waals surface area contributed by atoms with E-state index in [4.69, 9.17) is 4.42 Å². The van der Waals surface area contributed by atoms with Crippen molar-refractivity contribution >= 4 is 5.91 Å². The summed E-state index contributed by atoms with van der Waals surface area (Å²) in [6.07, 6.45) is 1.61. The Hall–Kier alpha value is -2.07. The minimum absolute atomic E-state index is 0.00307. The lowest BCUT2D eigenvalue weighted by atomic mass is 10.1. The number of carbonyl (C=O) groups is 1. The first kappa shape index (κ1) is 15.3. The number of amides is 1. The quantitative estimate of drug-likeness (QED) is 0.888. The van der Waals surface area contributed by atoms with Crippen LogP contribution in [0.25, 0.3) is 0 Å². The Labute approximate surface area is 125 Å². The Kier molecular flexibility index (Phi) is 5.17. The van der Waals surface area contributed by atoms with Gasteiger partial charge in [-0.3, -0.25) is 9.69 Å². The second-order valence-corrected chi connectivity index (χ2v) is 5.23. The van der Waals surface area contributed by atoms with E-state index in [9.17, 15) is 4.79 Å². The number of benzene rings is 1. The first-order chi connectivity index (χ1) is 10.1. The molecule has 1 aromatic carbocycles. The van der Waals surface area contributed by atoms with Gasteiger partial charge in [0, 0.05) is 6.04 Å². The van der Waals surface area contributed by atoms with Crippen LogP contribution < -0.4 is 5.32 Å². The van der Waals surface area contributed by atoms with Crippen LogP contribution in [0.2, 0.25) is 0 Å². The van der Waals surface area contributed by atoms with E-state index in [1.54, 1.807) is 6.26 Å². The summed E-state index contributed by atoms with van der Waals surface area (Å²) in [5.41, 5.74) is 1.20. The van der Waals surface area contributed by atoms with Gasteiger partial charge in [-0.2, -0.15) is 0 Å². The number of nitrogens with zero attached hydrogens (tertiary/aromatic N) is 1. The monoisotopic (exact) mass is 286 g/mol. The molecule has 2 rings (SSSR count). The van der Waals surface area contributed by atoms with Gasteiger partial charge in [0.25, 0.3) is 0 Å². The van der Waals surface area contributed by atoms with Crippen molar-refractivity contribution in [3.63, 3.8) is 0 Å². The maximum atomic E-state index is 12.2. The summed E-state index contributed by atoms with van der Waals surface area (Å²) in [4.78, 5) is 14.3. The van der Waals surface area contributed by atoms with Crippen LogP contribution in [-0.2, 0) is 11.3 Å². The lowest BCUT2D eigenvalue weighted by molar-refractivity contribution is -0.126. The molecule has 4 heteroatoms. The molecule has 112 valence electrons. The van der Waals surface area contributed by atoms with Crippen LogP contribution >= 0.6 is 0 Å². The highest BCUT2D eigenvalue weighted by atomic mass is 16.3. The molecule has 0 aliphatic heterocycles. The van der Waals surface area contributed by atoms with Crippen molar-refractivity contribution in [2.75, 3.05) is 7.05 Å². The van der Waals surface area contributed by atoms with Gasteiger partial charge in [-0.15, -0.1) is 0 Å². The molecule has 0 fully saturated rings. The molecule has 0 saturated carbocycles. The summed E-state index contributed by atoms with van der Waals surface area (Å²) < 4.78 is 5.21. The fourth-order valence-electron chi connectivity index (χ4n) is 2.22. The van der Waals surface area contributed by atoms with Crippen molar-refractivity contribution in [3.05, 3.63) is 60.1 Å². The van der Waals surface area contributed by atoms with E-state index in [-0.39, 0.29) is 18.0 Å². The molecule has 1 aromatic heterocycles. The van der Waals surface area contributed by atoms with Crippen LogP contribution in [0.4, 0.5) is 0 Å². The average molecular weight is 286 g/mol. The van der Waals surface area contributed by atoms with E-state index < -0.39 is 0 Å². The highest BCUT2D eigenvalue weighted by molar-refractivity contribution is 5.81. The van der Waals surface area contributed by atoms with Gasteiger partial charge in [0.05, 0.1) is 18.8 Å². The minimum atomic E-state index is -0.213. The molecule has 0 saturated heterocycles. The van der Waals surface area contributed by atoms with Crippen LogP contribution in [0.5, 0.6) is 0 Å². The fraction of sp³-hybridized carbons (Fsp3) is 0.353. The molecule has 2 aromatic rings. The molecule has 1 N–H and O–H groups in total.